The van der Waals surface area contributed by atoms with E-state index in [1.54, 1.807) is 6.07 Å². The SMILES string of the molecule is CN(C)CCCNC(=O)c1ccnc(C(=O)Nc2ccccc2F)c1. The lowest BCUT2D eigenvalue weighted by Crippen LogP contribution is -2.27. The van der Waals surface area contributed by atoms with Crippen molar-refractivity contribution >= 4 is 17.5 Å². The Morgan fingerprint density at radius 2 is 1.92 bits per heavy atom. The molecule has 0 aliphatic rings. The molecule has 2 amide bonds. The molecule has 0 saturated carbocycles. The minimum atomic E-state index is -0.577. The summed E-state index contributed by atoms with van der Waals surface area (Å²) in [5.74, 6) is -1.39. The Balaban J connectivity index is 1.99. The number of anilines is 1. The van der Waals surface area contributed by atoms with E-state index in [4.69, 9.17) is 0 Å². The summed E-state index contributed by atoms with van der Waals surface area (Å²) >= 11 is 0. The minimum absolute atomic E-state index is 0.0456. The summed E-state index contributed by atoms with van der Waals surface area (Å²) in [4.78, 5) is 30.3. The number of amides is 2. The first-order valence-electron chi connectivity index (χ1n) is 7.92. The predicted octanol–water partition coefficient (Wildman–Crippen LogP) is 2.15. The quantitative estimate of drug-likeness (QED) is 0.755. The lowest BCUT2D eigenvalue weighted by molar-refractivity contribution is 0.0952. The number of benzene rings is 1. The molecule has 2 N–H and O–H groups in total. The molecule has 0 spiro atoms. The Morgan fingerprint density at radius 1 is 1.16 bits per heavy atom. The number of para-hydroxylation sites is 1. The second-order valence-corrected chi connectivity index (χ2v) is 5.78. The summed E-state index contributed by atoms with van der Waals surface area (Å²) in [7, 11) is 3.93. The van der Waals surface area contributed by atoms with E-state index in [0.717, 1.165) is 13.0 Å². The van der Waals surface area contributed by atoms with Crippen LogP contribution in [0, 0.1) is 5.82 Å². The highest BCUT2D eigenvalue weighted by atomic mass is 19.1. The Morgan fingerprint density at radius 3 is 2.64 bits per heavy atom. The van der Waals surface area contributed by atoms with Crippen LogP contribution in [-0.4, -0.2) is 48.9 Å². The average Bonchev–Trinajstić information content (AvgIpc) is 2.60. The first kappa shape index (κ1) is 18.5. The normalized spacial score (nSPS) is 10.6. The summed E-state index contributed by atoms with van der Waals surface area (Å²) in [6.45, 7) is 1.41. The number of carbonyl (C=O) groups excluding carboxylic acids is 2. The van der Waals surface area contributed by atoms with E-state index < -0.39 is 11.7 Å². The van der Waals surface area contributed by atoms with Gasteiger partial charge in [-0.2, -0.15) is 0 Å². The number of aromatic nitrogens is 1. The Hall–Kier alpha value is -2.80. The lowest BCUT2D eigenvalue weighted by atomic mass is 10.2. The molecular weight excluding hydrogens is 323 g/mol. The molecule has 0 unspecified atom stereocenters. The first-order chi connectivity index (χ1) is 12.0. The van der Waals surface area contributed by atoms with Crippen LogP contribution in [0.15, 0.2) is 42.6 Å². The van der Waals surface area contributed by atoms with Crippen LogP contribution < -0.4 is 10.6 Å². The van der Waals surface area contributed by atoms with Gasteiger partial charge in [-0.1, -0.05) is 12.1 Å². The highest BCUT2D eigenvalue weighted by Crippen LogP contribution is 2.13. The third-order valence-corrected chi connectivity index (χ3v) is 3.44. The zero-order chi connectivity index (χ0) is 18.2. The lowest BCUT2D eigenvalue weighted by Gasteiger charge is -2.10. The number of hydrogen-bond donors (Lipinski definition) is 2. The molecule has 25 heavy (non-hydrogen) atoms. The van der Waals surface area contributed by atoms with Crippen LogP contribution in [-0.2, 0) is 0 Å². The molecule has 6 nitrogen and oxygen atoms in total. The van der Waals surface area contributed by atoms with Gasteiger partial charge in [-0.05, 0) is 51.3 Å². The van der Waals surface area contributed by atoms with E-state index >= 15 is 0 Å². The maximum atomic E-state index is 13.6. The molecule has 7 heteroatoms. The smallest absolute Gasteiger partial charge is 0.274 e. The van der Waals surface area contributed by atoms with Crippen LogP contribution in [0.25, 0.3) is 0 Å². The summed E-state index contributed by atoms with van der Waals surface area (Å²) in [5, 5.41) is 5.24. The summed E-state index contributed by atoms with van der Waals surface area (Å²) in [6, 6.07) is 8.77. The summed E-state index contributed by atoms with van der Waals surface area (Å²) < 4.78 is 13.6. The second kappa shape index (κ2) is 8.89. The van der Waals surface area contributed by atoms with Gasteiger partial charge in [0.25, 0.3) is 11.8 Å². The molecule has 1 aromatic heterocycles. The van der Waals surface area contributed by atoms with Gasteiger partial charge in [-0.15, -0.1) is 0 Å². The van der Waals surface area contributed by atoms with Crippen molar-refractivity contribution in [2.45, 2.75) is 6.42 Å². The maximum absolute atomic E-state index is 13.6. The molecule has 2 rings (SSSR count). The van der Waals surface area contributed by atoms with Crippen LogP contribution in [0.2, 0.25) is 0 Å². The largest absolute Gasteiger partial charge is 0.352 e. The van der Waals surface area contributed by atoms with E-state index in [2.05, 4.69) is 15.6 Å². The van der Waals surface area contributed by atoms with Gasteiger partial charge in [0.1, 0.15) is 11.5 Å². The third kappa shape index (κ3) is 5.65. The fourth-order valence-corrected chi connectivity index (χ4v) is 2.14. The number of nitrogens with one attached hydrogen (secondary N) is 2. The van der Waals surface area contributed by atoms with E-state index in [0.29, 0.717) is 12.1 Å². The van der Waals surface area contributed by atoms with Crippen LogP contribution in [0.1, 0.15) is 27.3 Å². The molecule has 1 heterocycles. The van der Waals surface area contributed by atoms with Crippen molar-refractivity contribution in [3.63, 3.8) is 0 Å². The van der Waals surface area contributed by atoms with Crippen LogP contribution in [0.4, 0.5) is 10.1 Å². The molecular formula is C18H21FN4O2. The van der Waals surface area contributed by atoms with Gasteiger partial charge in [-0.25, -0.2) is 4.39 Å². The molecule has 0 aliphatic carbocycles. The van der Waals surface area contributed by atoms with Gasteiger partial charge in [0.05, 0.1) is 5.69 Å². The number of pyridine rings is 1. The zero-order valence-electron chi connectivity index (χ0n) is 14.3. The van der Waals surface area contributed by atoms with Crippen molar-refractivity contribution in [1.82, 2.24) is 15.2 Å². The minimum Gasteiger partial charge on any atom is -0.352 e. The Labute approximate surface area is 146 Å². The van der Waals surface area contributed by atoms with Gasteiger partial charge in [-0.3, -0.25) is 14.6 Å². The van der Waals surface area contributed by atoms with Crippen molar-refractivity contribution in [1.29, 1.82) is 0 Å². The number of hydrogen-bond acceptors (Lipinski definition) is 4. The van der Waals surface area contributed by atoms with Gasteiger partial charge < -0.3 is 15.5 Å². The van der Waals surface area contributed by atoms with Crippen molar-refractivity contribution in [3.8, 4) is 0 Å². The molecule has 0 atom stereocenters. The number of nitrogens with zero attached hydrogens (tertiary/aromatic N) is 2. The van der Waals surface area contributed by atoms with E-state index in [-0.39, 0.29) is 17.3 Å². The van der Waals surface area contributed by atoms with Gasteiger partial charge in [0, 0.05) is 18.3 Å². The van der Waals surface area contributed by atoms with Gasteiger partial charge >= 0.3 is 0 Å². The third-order valence-electron chi connectivity index (χ3n) is 3.44. The molecule has 0 aliphatic heterocycles. The van der Waals surface area contributed by atoms with E-state index in [1.807, 2.05) is 19.0 Å². The van der Waals surface area contributed by atoms with Crippen LogP contribution >= 0.6 is 0 Å². The second-order valence-electron chi connectivity index (χ2n) is 5.78. The number of carbonyl (C=O) groups is 2. The molecule has 0 saturated heterocycles. The Bertz CT molecular complexity index is 749. The number of rotatable bonds is 7. The number of halogens is 1. The topological polar surface area (TPSA) is 74.3 Å². The van der Waals surface area contributed by atoms with Crippen molar-refractivity contribution < 1.29 is 14.0 Å². The first-order valence-corrected chi connectivity index (χ1v) is 7.92. The molecule has 2 aromatic rings. The standard InChI is InChI=1S/C18H21FN4O2/c1-23(2)11-5-9-21-17(24)13-8-10-20-16(12-13)18(25)22-15-7-4-3-6-14(15)19/h3-4,6-8,10,12H,5,9,11H2,1-2H3,(H,21,24)(H,22,25). The van der Waals surface area contributed by atoms with Gasteiger partial charge in [0.2, 0.25) is 0 Å². The summed E-state index contributed by atoms with van der Waals surface area (Å²) in [5.41, 5.74) is 0.440. The fraction of sp³-hybridized carbons (Fsp3) is 0.278. The summed E-state index contributed by atoms with van der Waals surface area (Å²) in [6.07, 6.45) is 2.20. The van der Waals surface area contributed by atoms with Crippen LogP contribution in [0.5, 0.6) is 0 Å². The van der Waals surface area contributed by atoms with E-state index in [9.17, 15) is 14.0 Å². The molecule has 0 radical (unpaired) electrons. The fourth-order valence-electron chi connectivity index (χ4n) is 2.14. The van der Waals surface area contributed by atoms with Crippen molar-refractivity contribution in [2.75, 3.05) is 32.5 Å². The van der Waals surface area contributed by atoms with Crippen LogP contribution in [0.3, 0.4) is 0 Å². The van der Waals surface area contributed by atoms with Crippen molar-refractivity contribution in [2.24, 2.45) is 0 Å². The average molecular weight is 344 g/mol. The van der Waals surface area contributed by atoms with Crippen molar-refractivity contribution in [3.05, 3.63) is 59.7 Å². The van der Waals surface area contributed by atoms with Gasteiger partial charge in [0.15, 0.2) is 0 Å². The molecule has 0 bridgehead atoms. The predicted molar refractivity (Wildman–Crippen MR) is 94.1 cm³/mol. The highest BCUT2D eigenvalue weighted by Gasteiger charge is 2.13. The van der Waals surface area contributed by atoms with E-state index in [1.165, 1.54) is 36.5 Å². The Kier molecular flexibility index (Phi) is 6.59. The molecule has 1 aromatic carbocycles. The monoisotopic (exact) mass is 344 g/mol. The highest BCUT2D eigenvalue weighted by molar-refractivity contribution is 6.04. The molecule has 0 fully saturated rings. The zero-order valence-corrected chi connectivity index (χ0v) is 14.3. The maximum Gasteiger partial charge on any atom is 0.274 e. The molecule has 132 valence electrons.